The van der Waals surface area contributed by atoms with E-state index in [4.69, 9.17) is 43.4 Å². The molecule has 6 N–H and O–H groups in total. The van der Waals surface area contributed by atoms with Gasteiger partial charge in [0.15, 0.2) is 0 Å². The highest BCUT2D eigenvalue weighted by atomic mass is 16.6. The van der Waals surface area contributed by atoms with Crippen molar-refractivity contribution in [2.24, 2.45) is 0 Å². The van der Waals surface area contributed by atoms with Crippen LogP contribution < -0.4 is 0 Å². The molecule has 0 aliphatic heterocycles. The van der Waals surface area contributed by atoms with Crippen molar-refractivity contribution in [3.8, 4) is 0 Å². The fraction of sp³-hybridized carbons (Fsp3) is 1.00. The standard InChI is InChI=1S/C28H58O13/c1-5-23(21(33)17-29)37-13-9-35-11-15-39-25(7-3)27(19-31)41-28(20-32)26(8-4)40-16-12-36-10-14-38-24(6-2)22(34)18-30/h21-34H,5-20H2,1-4H3. The van der Waals surface area contributed by atoms with Gasteiger partial charge >= 0.3 is 0 Å². The smallest absolute Gasteiger partial charge is 0.107 e. The van der Waals surface area contributed by atoms with E-state index in [2.05, 4.69) is 0 Å². The zero-order chi connectivity index (χ0) is 30.9. The molecule has 0 heterocycles. The van der Waals surface area contributed by atoms with E-state index in [9.17, 15) is 20.4 Å². The van der Waals surface area contributed by atoms with Crippen LogP contribution in [0.2, 0.25) is 0 Å². The van der Waals surface area contributed by atoms with Crippen molar-refractivity contribution in [2.45, 2.75) is 102 Å². The van der Waals surface area contributed by atoms with E-state index in [0.29, 0.717) is 52.1 Å². The second-order valence-electron chi connectivity index (χ2n) is 9.57. The first-order valence-corrected chi connectivity index (χ1v) is 14.9. The van der Waals surface area contributed by atoms with Crippen molar-refractivity contribution in [1.82, 2.24) is 0 Å². The summed E-state index contributed by atoms with van der Waals surface area (Å²) < 4.78 is 39.9. The predicted octanol–water partition coefficient (Wildman–Crippen LogP) is -0.355. The van der Waals surface area contributed by atoms with Crippen molar-refractivity contribution >= 4 is 0 Å². The normalized spacial score (nSPS) is 18.0. The van der Waals surface area contributed by atoms with Gasteiger partial charge in [-0.3, -0.25) is 0 Å². The van der Waals surface area contributed by atoms with E-state index in [-0.39, 0.29) is 52.9 Å². The van der Waals surface area contributed by atoms with Gasteiger partial charge in [-0.05, 0) is 25.7 Å². The molecule has 0 aromatic rings. The molecule has 0 fully saturated rings. The van der Waals surface area contributed by atoms with Gasteiger partial charge in [0.1, 0.15) is 24.4 Å². The molecule has 0 aliphatic carbocycles. The highest BCUT2D eigenvalue weighted by molar-refractivity contribution is 4.76. The van der Waals surface area contributed by atoms with Gasteiger partial charge in [-0.25, -0.2) is 0 Å². The SMILES string of the molecule is CCC(OCCOCCOC(CC)C(CO)OC(CO)C(CC)OCCOCCOC(CC)C(O)CO)C(O)CO. The minimum atomic E-state index is -0.920. The van der Waals surface area contributed by atoms with Crippen LogP contribution in [-0.4, -0.2) is 159 Å². The van der Waals surface area contributed by atoms with E-state index in [0.717, 1.165) is 0 Å². The Morgan fingerprint density at radius 3 is 0.927 bits per heavy atom. The van der Waals surface area contributed by atoms with Crippen molar-refractivity contribution in [3.63, 3.8) is 0 Å². The minimum absolute atomic E-state index is 0.269. The van der Waals surface area contributed by atoms with Crippen LogP contribution in [0.4, 0.5) is 0 Å². The number of rotatable bonds is 30. The third-order valence-electron chi connectivity index (χ3n) is 6.62. The van der Waals surface area contributed by atoms with Crippen molar-refractivity contribution in [1.29, 1.82) is 0 Å². The topological polar surface area (TPSA) is 186 Å². The van der Waals surface area contributed by atoms with Crippen LogP contribution in [0.15, 0.2) is 0 Å². The lowest BCUT2D eigenvalue weighted by Crippen LogP contribution is -2.44. The zero-order valence-corrected chi connectivity index (χ0v) is 25.5. The first-order valence-electron chi connectivity index (χ1n) is 14.9. The lowest BCUT2D eigenvalue weighted by molar-refractivity contribution is -0.171. The molecule has 0 radical (unpaired) electrons. The Balaban J connectivity index is 4.41. The highest BCUT2D eigenvalue weighted by Gasteiger charge is 2.29. The first kappa shape index (κ1) is 40.5. The van der Waals surface area contributed by atoms with Crippen LogP contribution in [0.5, 0.6) is 0 Å². The van der Waals surface area contributed by atoms with Gasteiger partial charge in [0.05, 0.1) is 104 Å². The number of hydrogen-bond donors (Lipinski definition) is 6. The third kappa shape index (κ3) is 18.0. The summed E-state index contributed by atoms with van der Waals surface area (Å²) in [4.78, 5) is 0. The molecule has 13 nitrogen and oxygen atoms in total. The Hall–Kier alpha value is -0.520. The van der Waals surface area contributed by atoms with Crippen molar-refractivity contribution in [2.75, 3.05) is 79.3 Å². The molecule has 0 amide bonds. The van der Waals surface area contributed by atoms with E-state index < -0.39 is 48.8 Å². The van der Waals surface area contributed by atoms with Gasteiger partial charge in [-0.15, -0.1) is 0 Å². The number of aliphatic hydroxyl groups excluding tert-OH is 6. The van der Waals surface area contributed by atoms with Crippen LogP contribution in [0.25, 0.3) is 0 Å². The Labute approximate surface area is 245 Å². The van der Waals surface area contributed by atoms with E-state index >= 15 is 0 Å². The van der Waals surface area contributed by atoms with Gasteiger partial charge in [0.25, 0.3) is 0 Å². The van der Waals surface area contributed by atoms with E-state index in [1.165, 1.54) is 0 Å². The summed E-state index contributed by atoms with van der Waals surface area (Å²) >= 11 is 0. The number of aliphatic hydroxyl groups is 6. The number of hydrogen-bond acceptors (Lipinski definition) is 13. The molecule has 0 aromatic carbocycles. The maximum Gasteiger partial charge on any atom is 0.107 e. The molecule has 8 unspecified atom stereocenters. The van der Waals surface area contributed by atoms with Gasteiger partial charge in [-0.2, -0.15) is 0 Å². The Morgan fingerprint density at radius 2 is 0.683 bits per heavy atom. The Kier molecular flexibility index (Phi) is 26.7. The molecular formula is C28H58O13. The van der Waals surface area contributed by atoms with Crippen LogP contribution in [0.3, 0.4) is 0 Å². The molecule has 13 heteroatoms. The summed E-state index contributed by atoms with van der Waals surface area (Å²) in [6, 6.07) is 0. The second kappa shape index (κ2) is 27.1. The van der Waals surface area contributed by atoms with Crippen molar-refractivity contribution < 1.29 is 63.8 Å². The molecule has 8 atom stereocenters. The summed E-state index contributed by atoms with van der Waals surface area (Å²) in [5.41, 5.74) is 0. The summed E-state index contributed by atoms with van der Waals surface area (Å²) in [5.74, 6) is 0. The maximum atomic E-state index is 9.97. The van der Waals surface area contributed by atoms with Gasteiger partial charge in [0, 0.05) is 0 Å². The molecular weight excluding hydrogens is 544 g/mol. The fourth-order valence-corrected chi connectivity index (χ4v) is 4.17. The Morgan fingerprint density at radius 1 is 0.390 bits per heavy atom. The van der Waals surface area contributed by atoms with E-state index in [1.807, 2.05) is 27.7 Å². The molecule has 0 saturated carbocycles. The lowest BCUT2D eigenvalue weighted by Gasteiger charge is -2.32. The van der Waals surface area contributed by atoms with Crippen LogP contribution in [0, 0.1) is 0 Å². The highest BCUT2D eigenvalue weighted by Crippen LogP contribution is 2.16. The first-order chi connectivity index (χ1) is 19.9. The Bertz CT molecular complexity index is 513. The second-order valence-corrected chi connectivity index (χ2v) is 9.57. The lowest BCUT2D eigenvalue weighted by atomic mass is 10.1. The third-order valence-corrected chi connectivity index (χ3v) is 6.62. The number of ether oxygens (including phenoxy) is 7. The van der Waals surface area contributed by atoms with Crippen LogP contribution in [0.1, 0.15) is 53.4 Å². The van der Waals surface area contributed by atoms with Crippen LogP contribution in [-0.2, 0) is 33.2 Å². The molecule has 0 aliphatic rings. The average molecular weight is 603 g/mol. The largest absolute Gasteiger partial charge is 0.394 e. The minimum Gasteiger partial charge on any atom is -0.394 e. The summed E-state index contributed by atoms with van der Waals surface area (Å²) in [6.07, 6.45) is -2.60. The quantitative estimate of drug-likeness (QED) is 0.0586. The molecule has 41 heavy (non-hydrogen) atoms. The van der Waals surface area contributed by atoms with Gasteiger partial charge in [-0.1, -0.05) is 27.7 Å². The predicted molar refractivity (Wildman–Crippen MR) is 151 cm³/mol. The summed E-state index contributed by atoms with van der Waals surface area (Å²) in [6.45, 7) is 8.56. The van der Waals surface area contributed by atoms with Gasteiger partial charge < -0.3 is 63.8 Å². The molecule has 0 aromatic heterocycles. The monoisotopic (exact) mass is 602 g/mol. The average Bonchev–Trinajstić information content (AvgIpc) is 3.00. The summed E-state index contributed by atoms with van der Waals surface area (Å²) in [5, 5.41) is 57.3. The molecule has 248 valence electrons. The molecule has 0 bridgehead atoms. The van der Waals surface area contributed by atoms with Crippen molar-refractivity contribution in [3.05, 3.63) is 0 Å². The summed E-state index contributed by atoms with van der Waals surface area (Å²) in [7, 11) is 0. The van der Waals surface area contributed by atoms with E-state index in [1.54, 1.807) is 0 Å². The zero-order valence-electron chi connectivity index (χ0n) is 25.5. The van der Waals surface area contributed by atoms with Gasteiger partial charge in [0.2, 0.25) is 0 Å². The maximum absolute atomic E-state index is 9.97. The fourth-order valence-electron chi connectivity index (χ4n) is 4.17. The molecule has 0 saturated heterocycles. The van der Waals surface area contributed by atoms with Crippen LogP contribution >= 0.6 is 0 Å². The molecule has 0 spiro atoms. The molecule has 0 rings (SSSR count).